The van der Waals surface area contributed by atoms with Crippen molar-refractivity contribution in [1.82, 2.24) is 10.6 Å². The fourth-order valence-electron chi connectivity index (χ4n) is 0.911. The van der Waals surface area contributed by atoms with E-state index >= 15 is 0 Å². The number of rotatable bonds is 5. The first-order valence-corrected chi connectivity index (χ1v) is 5.35. The van der Waals surface area contributed by atoms with Gasteiger partial charge in [0.2, 0.25) is 11.8 Å². The summed E-state index contributed by atoms with van der Waals surface area (Å²) in [5.74, 6) is -0.267. The Labute approximate surface area is 95.0 Å². The highest BCUT2D eigenvalue weighted by atomic mass is 32.1. The van der Waals surface area contributed by atoms with Crippen LogP contribution in [0.2, 0.25) is 0 Å². The maximum Gasteiger partial charge on any atom is 0.232 e. The fraction of sp³-hybridized carbons (Fsp3) is 0.750. The molecule has 0 heterocycles. The molecule has 0 rings (SSSR count). The summed E-state index contributed by atoms with van der Waals surface area (Å²) in [6.07, 6.45) is 1.06. The molecule has 0 aliphatic carbocycles. The zero-order chi connectivity index (χ0) is 11.1. The summed E-state index contributed by atoms with van der Waals surface area (Å²) in [6.45, 7) is 0. The highest BCUT2D eigenvalue weighted by Gasteiger charge is 2.17. The molecule has 0 bridgehead atoms. The average molecular weight is 236 g/mol. The van der Waals surface area contributed by atoms with Crippen LogP contribution in [0.25, 0.3) is 0 Å². The molecule has 2 N–H and O–H groups in total. The van der Waals surface area contributed by atoms with Gasteiger partial charge in [0.25, 0.3) is 0 Å². The van der Waals surface area contributed by atoms with Crippen LogP contribution in [0.15, 0.2) is 0 Å². The molecule has 6 heteroatoms. The molecule has 0 radical (unpaired) electrons. The van der Waals surface area contributed by atoms with Gasteiger partial charge in [-0.25, -0.2) is 0 Å². The number of hydrogen-bond acceptors (Lipinski definition) is 4. The average Bonchev–Trinajstić information content (AvgIpc) is 2.22. The molecule has 2 unspecified atom stereocenters. The molecule has 0 spiro atoms. The van der Waals surface area contributed by atoms with Crippen molar-refractivity contribution < 1.29 is 9.59 Å². The van der Waals surface area contributed by atoms with Crippen LogP contribution in [0, 0.1) is 0 Å². The monoisotopic (exact) mass is 236 g/mol. The number of thiol groups is 2. The summed E-state index contributed by atoms with van der Waals surface area (Å²) in [4.78, 5) is 22.1. The van der Waals surface area contributed by atoms with Crippen molar-refractivity contribution in [2.45, 2.75) is 23.3 Å². The van der Waals surface area contributed by atoms with Gasteiger partial charge >= 0.3 is 0 Å². The van der Waals surface area contributed by atoms with Gasteiger partial charge in [-0.3, -0.25) is 9.59 Å². The molecule has 0 aromatic rings. The molecule has 2 amide bonds. The van der Waals surface area contributed by atoms with E-state index in [4.69, 9.17) is 0 Å². The second kappa shape index (κ2) is 7.00. The van der Waals surface area contributed by atoms with Crippen molar-refractivity contribution >= 4 is 37.1 Å². The summed E-state index contributed by atoms with van der Waals surface area (Å²) in [5, 5.41) is 4.23. The zero-order valence-corrected chi connectivity index (χ0v) is 10.1. The fourth-order valence-corrected chi connectivity index (χ4v) is 1.47. The van der Waals surface area contributed by atoms with Crippen LogP contribution in [-0.4, -0.2) is 36.4 Å². The molecule has 82 valence electrons. The Balaban J connectivity index is 3.82. The lowest BCUT2D eigenvalue weighted by Crippen LogP contribution is -2.31. The molecule has 2 atom stereocenters. The molecular formula is C8H16N2O2S2. The molecule has 0 aliphatic rings. The van der Waals surface area contributed by atoms with E-state index in [1.165, 1.54) is 0 Å². The van der Waals surface area contributed by atoms with E-state index < -0.39 is 0 Å². The summed E-state index contributed by atoms with van der Waals surface area (Å²) in [6, 6.07) is 0. The van der Waals surface area contributed by atoms with E-state index in [-0.39, 0.29) is 22.3 Å². The van der Waals surface area contributed by atoms with Gasteiger partial charge in [-0.2, -0.15) is 25.3 Å². The van der Waals surface area contributed by atoms with Crippen molar-refractivity contribution in [2.24, 2.45) is 0 Å². The van der Waals surface area contributed by atoms with Crippen molar-refractivity contribution in [2.75, 3.05) is 14.1 Å². The van der Waals surface area contributed by atoms with Crippen molar-refractivity contribution in [1.29, 1.82) is 0 Å². The van der Waals surface area contributed by atoms with Gasteiger partial charge in [-0.15, -0.1) is 0 Å². The van der Waals surface area contributed by atoms with E-state index in [2.05, 4.69) is 35.9 Å². The van der Waals surface area contributed by atoms with Crippen LogP contribution in [0.5, 0.6) is 0 Å². The van der Waals surface area contributed by atoms with Crippen LogP contribution < -0.4 is 10.6 Å². The smallest absolute Gasteiger partial charge is 0.232 e. The number of nitrogens with one attached hydrogen (secondary N) is 2. The third-order valence-corrected chi connectivity index (χ3v) is 2.80. The Morgan fingerprint density at radius 1 is 1.00 bits per heavy atom. The Morgan fingerprint density at radius 2 is 1.29 bits per heavy atom. The van der Waals surface area contributed by atoms with Crippen LogP contribution in [0.3, 0.4) is 0 Å². The predicted molar refractivity (Wildman–Crippen MR) is 62.9 cm³/mol. The van der Waals surface area contributed by atoms with Crippen molar-refractivity contribution in [3.8, 4) is 0 Å². The van der Waals surface area contributed by atoms with Gasteiger partial charge in [-0.05, 0) is 12.8 Å². The SMILES string of the molecule is CNC(=O)C(S)CCC(S)C(=O)NC. The Bertz CT molecular complexity index is 190. The number of hydrogen-bond donors (Lipinski definition) is 4. The second-order valence-electron chi connectivity index (χ2n) is 2.84. The van der Waals surface area contributed by atoms with Crippen LogP contribution >= 0.6 is 25.3 Å². The number of carbonyl (C=O) groups excluding carboxylic acids is 2. The Kier molecular flexibility index (Phi) is 6.82. The molecule has 0 aromatic carbocycles. The zero-order valence-electron chi connectivity index (χ0n) is 8.28. The van der Waals surface area contributed by atoms with E-state index in [0.717, 1.165) is 0 Å². The van der Waals surface area contributed by atoms with Gasteiger partial charge in [0.15, 0.2) is 0 Å². The van der Waals surface area contributed by atoms with Crippen LogP contribution in [0.1, 0.15) is 12.8 Å². The summed E-state index contributed by atoms with van der Waals surface area (Å²) >= 11 is 8.20. The lowest BCUT2D eigenvalue weighted by Gasteiger charge is -2.12. The van der Waals surface area contributed by atoms with Gasteiger partial charge < -0.3 is 10.6 Å². The van der Waals surface area contributed by atoms with Gasteiger partial charge in [0.1, 0.15) is 0 Å². The third-order valence-electron chi connectivity index (χ3n) is 1.81. The normalized spacial score (nSPS) is 14.3. The first-order chi connectivity index (χ1) is 6.52. The number of carbonyl (C=O) groups is 2. The molecule has 0 aliphatic heterocycles. The van der Waals surface area contributed by atoms with Gasteiger partial charge in [0, 0.05) is 14.1 Å². The maximum atomic E-state index is 11.1. The minimum Gasteiger partial charge on any atom is -0.358 e. The highest BCUT2D eigenvalue weighted by Crippen LogP contribution is 2.11. The first kappa shape index (κ1) is 13.6. The molecule has 0 saturated carbocycles. The number of amides is 2. The Morgan fingerprint density at radius 3 is 1.50 bits per heavy atom. The molecule has 4 nitrogen and oxygen atoms in total. The topological polar surface area (TPSA) is 58.2 Å². The summed E-state index contributed by atoms with van der Waals surface area (Å²) in [5.41, 5.74) is 0. The van der Waals surface area contributed by atoms with Crippen LogP contribution in [-0.2, 0) is 9.59 Å². The lowest BCUT2D eigenvalue weighted by molar-refractivity contribution is -0.121. The lowest BCUT2D eigenvalue weighted by atomic mass is 10.1. The molecule has 0 saturated heterocycles. The van der Waals surface area contributed by atoms with E-state index in [1.54, 1.807) is 14.1 Å². The minimum atomic E-state index is -0.376. The molecule has 0 aromatic heterocycles. The Hall–Kier alpha value is -0.360. The quantitative estimate of drug-likeness (QED) is 0.502. The first-order valence-electron chi connectivity index (χ1n) is 4.32. The maximum absolute atomic E-state index is 11.1. The van der Waals surface area contributed by atoms with E-state index in [9.17, 15) is 9.59 Å². The standard InChI is InChI=1S/C8H16N2O2S2/c1-9-7(11)5(13)3-4-6(14)8(12)10-2/h5-6,13-14H,3-4H2,1-2H3,(H,9,11)(H,10,12). The molecular weight excluding hydrogens is 220 g/mol. The second-order valence-corrected chi connectivity index (χ2v) is 4.08. The minimum absolute atomic E-state index is 0.134. The largest absolute Gasteiger partial charge is 0.358 e. The van der Waals surface area contributed by atoms with E-state index in [0.29, 0.717) is 12.8 Å². The van der Waals surface area contributed by atoms with Crippen molar-refractivity contribution in [3.05, 3.63) is 0 Å². The molecule has 0 fully saturated rings. The van der Waals surface area contributed by atoms with Crippen molar-refractivity contribution in [3.63, 3.8) is 0 Å². The summed E-state index contributed by atoms with van der Waals surface area (Å²) in [7, 11) is 3.12. The van der Waals surface area contributed by atoms with Crippen LogP contribution in [0.4, 0.5) is 0 Å². The van der Waals surface area contributed by atoms with Gasteiger partial charge in [-0.1, -0.05) is 0 Å². The van der Waals surface area contributed by atoms with E-state index in [1.807, 2.05) is 0 Å². The predicted octanol–water partition coefficient (Wildman–Crippen LogP) is -0.145. The highest BCUT2D eigenvalue weighted by molar-refractivity contribution is 7.82. The van der Waals surface area contributed by atoms with Gasteiger partial charge in [0.05, 0.1) is 10.5 Å². The third kappa shape index (κ3) is 4.76. The summed E-state index contributed by atoms with van der Waals surface area (Å²) < 4.78 is 0. The molecule has 14 heavy (non-hydrogen) atoms.